The fraction of sp³-hybridized carbons (Fsp3) is 0.529. The minimum atomic E-state index is -0.462. The number of likely N-dealkylation sites (tertiary alicyclic amines) is 2. The first-order valence-electron chi connectivity index (χ1n) is 8.20. The van der Waals surface area contributed by atoms with Crippen molar-refractivity contribution in [2.24, 2.45) is 0 Å². The van der Waals surface area contributed by atoms with Gasteiger partial charge in [-0.2, -0.15) is 0 Å². The maximum atomic E-state index is 13.1. The van der Waals surface area contributed by atoms with Gasteiger partial charge in [-0.15, -0.1) is 0 Å². The molecular weight excluding hydrogens is 333 g/mol. The molecule has 1 aromatic carbocycles. The van der Waals surface area contributed by atoms with Crippen LogP contribution in [0, 0.1) is 5.82 Å². The van der Waals surface area contributed by atoms with Gasteiger partial charge in [-0.3, -0.25) is 14.5 Å². The Kier molecular flexibility index (Phi) is 5.06. The monoisotopic (exact) mass is 353 g/mol. The Bertz CT molecular complexity index is 647. The van der Waals surface area contributed by atoms with Crippen LogP contribution in [0.15, 0.2) is 18.2 Å². The Hall–Kier alpha value is -1.66. The highest BCUT2D eigenvalue weighted by Crippen LogP contribution is 2.22. The molecule has 2 heterocycles. The van der Waals surface area contributed by atoms with Crippen molar-refractivity contribution >= 4 is 23.4 Å². The number of hydrogen-bond acceptors (Lipinski definition) is 3. The highest BCUT2D eigenvalue weighted by molar-refractivity contribution is 6.33. The molecule has 2 saturated heterocycles. The van der Waals surface area contributed by atoms with Gasteiger partial charge in [-0.25, -0.2) is 4.39 Å². The number of halogens is 2. The molecule has 0 bridgehead atoms. The van der Waals surface area contributed by atoms with Gasteiger partial charge in [0.1, 0.15) is 5.82 Å². The average molecular weight is 354 g/mol. The first-order valence-corrected chi connectivity index (χ1v) is 8.58. The summed E-state index contributed by atoms with van der Waals surface area (Å²) < 4.78 is 13.1. The van der Waals surface area contributed by atoms with E-state index in [4.69, 9.17) is 11.6 Å². The first kappa shape index (κ1) is 17.2. The summed E-state index contributed by atoms with van der Waals surface area (Å²) in [5.41, 5.74) is 0.285. The van der Waals surface area contributed by atoms with Crippen molar-refractivity contribution in [2.75, 3.05) is 26.7 Å². The maximum absolute atomic E-state index is 13.1. The summed E-state index contributed by atoms with van der Waals surface area (Å²) in [4.78, 5) is 28.3. The third kappa shape index (κ3) is 3.54. The second kappa shape index (κ2) is 7.07. The van der Waals surface area contributed by atoms with Crippen molar-refractivity contribution in [1.29, 1.82) is 0 Å². The molecule has 130 valence electrons. The van der Waals surface area contributed by atoms with Crippen molar-refractivity contribution in [3.05, 3.63) is 34.6 Å². The van der Waals surface area contributed by atoms with Gasteiger partial charge in [-0.05, 0) is 37.5 Å². The number of amides is 2. The molecule has 1 atom stereocenters. The van der Waals surface area contributed by atoms with Crippen LogP contribution >= 0.6 is 11.6 Å². The smallest absolute Gasteiger partial charge is 0.253 e. The molecule has 1 unspecified atom stereocenters. The Morgan fingerprint density at radius 2 is 1.96 bits per heavy atom. The van der Waals surface area contributed by atoms with E-state index in [9.17, 15) is 14.0 Å². The number of nitrogens with one attached hydrogen (secondary N) is 1. The van der Waals surface area contributed by atoms with E-state index in [0.717, 1.165) is 45.0 Å². The molecule has 2 aliphatic heterocycles. The van der Waals surface area contributed by atoms with Gasteiger partial charge in [0.2, 0.25) is 5.91 Å². The zero-order chi connectivity index (χ0) is 17.3. The molecule has 0 aliphatic carbocycles. The van der Waals surface area contributed by atoms with Crippen molar-refractivity contribution in [1.82, 2.24) is 15.1 Å². The Morgan fingerprint density at radius 3 is 2.54 bits per heavy atom. The molecule has 1 N–H and O–H groups in total. The lowest BCUT2D eigenvalue weighted by molar-refractivity contribution is -0.131. The predicted molar refractivity (Wildman–Crippen MR) is 89.5 cm³/mol. The second-order valence-corrected chi connectivity index (χ2v) is 6.88. The Morgan fingerprint density at radius 1 is 1.25 bits per heavy atom. The van der Waals surface area contributed by atoms with Gasteiger partial charge in [-0.1, -0.05) is 11.6 Å². The minimum absolute atomic E-state index is 0.0156. The van der Waals surface area contributed by atoms with Gasteiger partial charge in [0.05, 0.1) is 16.6 Å². The molecule has 7 heteroatoms. The lowest BCUT2D eigenvalue weighted by atomic mass is 10.0. The van der Waals surface area contributed by atoms with E-state index < -0.39 is 5.82 Å². The number of hydrogen-bond donors (Lipinski definition) is 1. The largest absolute Gasteiger partial charge is 0.349 e. The van der Waals surface area contributed by atoms with Crippen molar-refractivity contribution in [3.63, 3.8) is 0 Å². The molecule has 0 radical (unpaired) electrons. The van der Waals surface area contributed by atoms with E-state index in [1.807, 2.05) is 7.05 Å². The molecule has 0 aromatic heterocycles. The molecular formula is C17H21ClFN3O2. The molecule has 0 saturated carbocycles. The van der Waals surface area contributed by atoms with Crippen LogP contribution in [0.2, 0.25) is 5.02 Å². The van der Waals surface area contributed by atoms with E-state index in [1.54, 1.807) is 4.90 Å². The van der Waals surface area contributed by atoms with Crippen LogP contribution in [-0.2, 0) is 4.79 Å². The second-order valence-electron chi connectivity index (χ2n) is 6.47. The minimum Gasteiger partial charge on any atom is -0.349 e. The number of piperidine rings is 1. The third-order valence-electron chi connectivity index (χ3n) is 4.88. The van der Waals surface area contributed by atoms with Crippen LogP contribution in [0.1, 0.15) is 29.6 Å². The SMILES string of the molecule is CN1CCC(N2CCC(NC(=O)c3ccc(F)cc3Cl)CC2)C1=O. The summed E-state index contributed by atoms with van der Waals surface area (Å²) in [6.45, 7) is 2.38. The standard InChI is InChI=1S/C17H21ClFN3O2/c1-21-7-6-15(17(21)24)22-8-4-12(5-9-22)20-16(23)13-3-2-11(19)10-14(13)18/h2-3,10,12,15H,4-9H2,1H3,(H,20,23). The van der Waals surface area contributed by atoms with Gasteiger partial charge in [0.25, 0.3) is 5.91 Å². The lowest BCUT2D eigenvalue weighted by Crippen LogP contribution is -2.50. The van der Waals surface area contributed by atoms with Crippen molar-refractivity contribution in [2.45, 2.75) is 31.3 Å². The lowest BCUT2D eigenvalue weighted by Gasteiger charge is -2.35. The molecule has 24 heavy (non-hydrogen) atoms. The van der Waals surface area contributed by atoms with Crippen molar-refractivity contribution in [3.8, 4) is 0 Å². The number of likely N-dealkylation sites (N-methyl/N-ethyl adjacent to an activating group) is 1. The first-order chi connectivity index (χ1) is 11.5. The van der Waals surface area contributed by atoms with E-state index in [1.165, 1.54) is 12.1 Å². The van der Waals surface area contributed by atoms with E-state index in [2.05, 4.69) is 10.2 Å². The van der Waals surface area contributed by atoms with Crippen LogP contribution in [0.25, 0.3) is 0 Å². The predicted octanol–water partition coefficient (Wildman–Crippen LogP) is 1.90. The average Bonchev–Trinajstić information content (AvgIpc) is 2.87. The molecule has 2 fully saturated rings. The van der Waals surface area contributed by atoms with E-state index in [0.29, 0.717) is 0 Å². The highest BCUT2D eigenvalue weighted by Gasteiger charge is 2.35. The number of benzene rings is 1. The van der Waals surface area contributed by atoms with Crippen LogP contribution in [0.3, 0.4) is 0 Å². The zero-order valence-corrected chi connectivity index (χ0v) is 14.4. The van der Waals surface area contributed by atoms with Gasteiger partial charge in [0.15, 0.2) is 0 Å². The van der Waals surface area contributed by atoms with Crippen LogP contribution in [0.5, 0.6) is 0 Å². The Balaban J connectivity index is 1.54. The summed E-state index contributed by atoms with van der Waals surface area (Å²) in [7, 11) is 1.84. The summed E-state index contributed by atoms with van der Waals surface area (Å²) in [5.74, 6) is -0.554. The zero-order valence-electron chi connectivity index (χ0n) is 13.6. The van der Waals surface area contributed by atoms with E-state index >= 15 is 0 Å². The van der Waals surface area contributed by atoms with Crippen LogP contribution < -0.4 is 5.32 Å². The molecule has 2 aliphatic rings. The molecule has 5 nitrogen and oxygen atoms in total. The van der Waals surface area contributed by atoms with E-state index in [-0.39, 0.29) is 34.5 Å². The van der Waals surface area contributed by atoms with Gasteiger partial charge >= 0.3 is 0 Å². The molecule has 2 amide bonds. The van der Waals surface area contributed by atoms with Crippen molar-refractivity contribution < 1.29 is 14.0 Å². The topological polar surface area (TPSA) is 52.6 Å². The summed E-state index contributed by atoms with van der Waals surface area (Å²) in [5, 5.41) is 3.07. The summed E-state index contributed by atoms with van der Waals surface area (Å²) >= 11 is 5.93. The summed E-state index contributed by atoms with van der Waals surface area (Å²) in [6.07, 6.45) is 2.45. The number of rotatable bonds is 3. The fourth-order valence-corrected chi connectivity index (χ4v) is 3.69. The maximum Gasteiger partial charge on any atom is 0.253 e. The summed E-state index contributed by atoms with van der Waals surface area (Å²) in [6, 6.07) is 3.80. The van der Waals surface area contributed by atoms with Gasteiger partial charge < -0.3 is 10.2 Å². The Labute approximate surface area is 145 Å². The van der Waals surface area contributed by atoms with Crippen LogP contribution in [-0.4, -0.2) is 60.4 Å². The van der Waals surface area contributed by atoms with Crippen LogP contribution in [0.4, 0.5) is 4.39 Å². The number of nitrogens with zero attached hydrogens (tertiary/aromatic N) is 2. The third-order valence-corrected chi connectivity index (χ3v) is 5.19. The normalized spacial score (nSPS) is 22.9. The highest BCUT2D eigenvalue weighted by atomic mass is 35.5. The molecule has 1 aromatic rings. The number of carbonyl (C=O) groups excluding carboxylic acids is 2. The number of carbonyl (C=O) groups is 2. The quantitative estimate of drug-likeness (QED) is 0.903. The van der Waals surface area contributed by atoms with Gasteiger partial charge in [0, 0.05) is 32.7 Å². The molecule has 3 rings (SSSR count). The fourth-order valence-electron chi connectivity index (χ4n) is 3.43. The molecule has 0 spiro atoms.